The van der Waals surface area contributed by atoms with Crippen LogP contribution in [0.4, 0.5) is 4.39 Å². The molecule has 1 aromatic carbocycles. The lowest BCUT2D eigenvalue weighted by molar-refractivity contribution is -0.145. The Morgan fingerprint density at radius 3 is 2.71 bits per heavy atom. The van der Waals surface area contributed by atoms with E-state index in [0.717, 1.165) is 32.5 Å². The van der Waals surface area contributed by atoms with Crippen molar-refractivity contribution in [1.82, 2.24) is 4.90 Å². The molecule has 1 N–H and O–H groups in total. The second-order valence-electron chi connectivity index (χ2n) is 5.02. The molecule has 116 valence electrons. The molecule has 0 radical (unpaired) electrons. The van der Waals surface area contributed by atoms with Crippen LogP contribution in [0.15, 0.2) is 24.3 Å². The van der Waals surface area contributed by atoms with Crippen molar-refractivity contribution < 1.29 is 23.8 Å². The molecule has 1 heterocycles. The van der Waals surface area contributed by atoms with Crippen molar-refractivity contribution in [2.45, 2.75) is 18.9 Å². The number of halogens is 1. The van der Waals surface area contributed by atoms with Crippen molar-refractivity contribution in [1.29, 1.82) is 0 Å². The molecule has 0 aromatic heterocycles. The van der Waals surface area contributed by atoms with E-state index in [0.29, 0.717) is 6.61 Å². The van der Waals surface area contributed by atoms with Gasteiger partial charge in [-0.1, -0.05) is 12.1 Å². The van der Waals surface area contributed by atoms with E-state index in [-0.39, 0.29) is 24.3 Å². The highest BCUT2D eigenvalue weighted by atomic mass is 19.1. The lowest BCUT2D eigenvalue weighted by Gasteiger charge is -2.31. The Morgan fingerprint density at radius 2 is 2.05 bits per heavy atom. The van der Waals surface area contributed by atoms with Gasteiger partial charge in [0.1, 0.15) is 13.2 Å². The molecule has 0 spiro atoms. The maximum Gasteiger partial charge on any atom is 0.329 e. The number of hydrogen-bond acceptors (Lipinski definition) is 4. The molecule has 0 amide bonds. The van der Waals surface area contributed by atoms with Gasteiger partial charge in [0.05, 0.1) is 6.10 Å². The molecule has 21 heavy (non-hydrogen) atoms. The minimum absolute atomic E-state index is 0.0184. The monoisotopic (exact) mass is 297 g/mol. The number of rotatable bonds is 7. The second kappa shape index (κ2) is 7.95. The third-order valence-corrected chi connectivity index (χ3v) is 3.48. The summed E-state index contributed by atoms with van der Waals surface area (Å²) in [5.74, 6) is -1.01. The van der Waals surface area contributed by atoms with Crippen LogP contribution in [0.25, 0.3) is 0 Å². The number of carboxylic acids is 1. The van der Waals surface area contributed by atoms with E-state index in [4.69, 9.17) is 14.6 Å². The van der Waals surface area contributed by atoms with Gasteiger partial charge in [0.15, 0.2) is 11.6 Å². The highest BCUT2D eigenvalue weighted by Crippen LogP contribution is 2.16. The Morgan fingerprint density at radius 1 is 1.33 bits per heavy atom. The van der Waals surface area contributed by atoms with Crippen LogP contribution in [0, 0.1) is 5.82 Å². The van der Waals surface area contributed by atoms with Crippen LogP contribution < -0.4 is 4.74 Å². The number of hydrogen-bond donors (Lipinski definition) is 1. The summed E-state index contributed by atoms with van der Waals surface area (Å²) >= 11 is 0. The fourth-order valence-corrected chi connectivity index (χ4v) is 2.34. The van der Waals surface area contributed by atoms with Gasteiger partial charge in [-0.3, -0.25) is 4.90 Å². The average molecular weight is 297 g/mol. The topological polar surface area (TPSA) is 59.0 Å². The van der Waals surface area contributed by atoms with Gasteiger partial charge >= 0.3 is 5.97 Å². The van der Waals surface area contributed by atoms with E-state index in [1.807, 2.05) is 0 Å². The Bertz CT molecular complexity index is 461. The van der Waals surface area contributed by atoms with E-state index in [1.54, 1.807) is 18.2 Å². The molecule has 1 aliphatic rings. The molecular weight excluding hydrogens is 277 g/mol. The smallest absolute Gasteiger partial charge is 0.329 e. The van der Waals surface area contributed by atoms with Crippen LogP contribution in [-0.2, 0) is 9.53 Å². The number of aliphatic carboxylic acids is 1. The zero-order valence-electron chi connectivity index (χ0n) is 11.8. The highest BCUT2D eigenvalue weighted by molar-refractivity contribution is 5.68. The molecule has 0 unspecified atom stereocenters. The van der Waals surface area contributed by atoms with Gasteiger partial charge in [0, 0.05) is 19.6 Å². The van der Waals surface area contributed by atoms with E-state index >= 15 is 0 Å². The average Bonchev–Trinajstić information content (AvgIpc) is 2.48. The van der Waals surface area contributed by atoms with Crippen molar-refractivity contribution >= 4 is 5.97 Å². The first kappa shape index (κ1) is 15.7. The van der Waals surface area contributed by atoms with E-state index in [2.05, 4.69) is 4.90 Å². The van der Waals surface area contributed by atoms with Crippen molar-refractivity contribution in [3.8, 4) is 5.75 Å². The summed E-state index contributed by atoms with van der Waals surface area (Å²) in [5.41, 5.74) is 0. The largest absolute Gasteiger partial charge is 0.489 e. The molecule has 1 fully saturated rings. The summed E-state index contributed by atoms with van der Waals surface area (Å²) in [6, 6.07) is 6.36. The fraction of sp³-hybridized carbons (Fsp3) is 0.533. The minimum atomic E-state index is -0.935. The minimum Gasteiger partial charge on any atom is -0.489 e. The Labute approximate surface area is 123 Å². The number of piperidine rings is 1. The predicted molar refractivity (Wildman–Crippen MR) is 74.9 cm³/mol. The highest BCUT2D eigenvalue weighted by Gasteiger charge is 2.20. The first-order valence-electron chi connectivity index (χ1n) is 7.08. The maximum absolute atomic E-state index is 13.4. The summed E-state index contributed by atoms with van der Waals surface area (Å²) in [5, 5.41) is 8.56. The molecular formula is C15H20FNO4. The fourth-order valence-electron chi connectivity index (χ4n) is 2.34. The lowest BCUT2D eigenvalue weighted by Crippen LogP contribution is -2.39. The quantitative estimate of drug-likeness (QED) is 0.831. The van der Waals surface area contributed by atoms with E-state index in [9.17, 15) is 9.18 Å². The number of carbonyl (C=O) groups is 1. The molecule has 0 bridgehead atoms. The van der Waals surface area contributed by atoms with Gasteiger partial charge in [-0.15, -0.1) is 0 Å². The second-order valence-corrected chi connectivity index (χ2v) is 5.02. The summed E-state index contributed by atoms with van der Waals surface area (Å²) < 4.78 is 24.0. The van der Waals surface area contributed by atoms with Crippen molar-refractivity contribution in [2.75, 3.05) is 32.8 Å². The molecule has 0 saturated carbocycles. The van der Waals surface area contributed by atoms with Crippen LogP contribution in [0.3, 0.4) is 0 Å². The number of carboxylic acid groups (broad SMARTS) is 1. The SMILES string of the molecule is O=C(O)COC1CCN(CCOc2ccccc2F)CC1. The maximum atomic E-state index is 13.4. The van der Waals surface area contributed by atoms with Crippen LogP contribution in [0.2, 0.25) is 0 Å². The van der Waals surface area contributed by atoms with Crippen molar-refractivity contribution in [3.63, 3.8) is 0 Å². The van der Waals surface area contributed by atoms with Crippen molar-refractivity contribution in [3.05, 3.63) is 30.1 Å². The van der Waals surface area contributed by atoms with Crippen LogP contribution in [-0.4, -0.2) is 54.9 Å². The molecule has 5 nitrogen and oxygen atoms in total. The van der Waals surface area contributed by atoms with Crippen molar-refractivity contribution in [2.24, 2.45) is 0 Å². The van der Waals surface area contributed by atoms with Gasteiger partial charge in [-0.2, -0.15) is 0 Å². The predicted octanol–water partition coefficient (Wildman–Crippen LogP) is 1.77. The van der Waals surface area contributed by atoms with Gasteiger partial charge in [-0.05, 0) is 25.0 Å². The third-order valence-electron chi connectivity index (χ3n) is 3.48. The van der Waals surface area contributed by atoms with Gasteiger partial charge in [0.25, 0.3) is 0 Å². The number of likely N-dealkylation sites (tertiary alicyclic amines) is 1. The molecule has 0 atom stereocenters. The Balaban J connectivity index is 1.63. The number of ether oxygens (including phenoxy) is 2. The number of benzene rings is 1. The summed E-state index contributed by atoms with van der Waals surface area (Å²) in [6.07, 6.45) is 1.64. The lowest BCUT2D eigenvalue weighted by atomic mass is 10.1. The van der Waals surface area contributed by atoms with E-state index < -0.39 is 5.97 Å². The zero-order chi connectivity index (χ0) is 15.1. The summed E-state index contributed by atoms with van der Waals surface area (Å²) in [7, 11) is 0. The molecule has 6 heteroatoms. The van der Waals surface area contributed by atoms with Crippen LogP contribution in [0.1, 0.15) is 12.8 Å². The molecule has 1 aromatic rings. The Hall–Kier alpha value is -1.66. The molecule has 2 rings (SSSR count). The van der Waals surface area contributed by atoms with Gasteiger partial charge in [-0.25, -0.2) is 9.18 Å². The van der Waals surface area contributed by atoms with Gasteiger partial charge < -0.3 is 14.6 Å². The van der Waals surface area contributed by atoms with E-state index in [1.165, 1.54) is 6.07 Å². The van der Waals surface area contributed by atoms with Crippen LogP contribution in [0.5, 0.6) is 5.75 Å². The summed E-state index contributed by atoms with van der Waals surface area (Å²) in [6.45, 7) is 2.60. The first-order valence-corrected chi connectivity index (χ1v) is 7.08. The molecule has 1 saturated heterocycles. The standard InChI is InChI=1S/C15H20FNO4/c16-13-3-1-2-4-14(13)20-10-9-17-7-5-12(6-8-17)21-11-15(18)19/h1-4,12H,5-11H2,(H,18,19). The number of para-hydroxylation sites is 1. The van der Waals surface area contributed by atoms with Crippen LogP contribution >= 0.6 is 0 Å². The number of nitrogens with zero attached hydrogens (tertiary/aromatic N) is 1. The van der Waals surface area contributed by atoms with Gasteiger partial charge in [0.2, 0.25) is 0 Å². The Kier molecular flexibility index (Phi) is 5.95. The first-order chi connectivity index (χ1) is 10.1. The summed E-state index contributed by atoms with van der Waals surface area (Å²) in [4.78, 5) is 12.6. The molecule has 0 aliphatic carbocycles. The zero-order valence-corrected chi connectivity index (χ0v) is 11.8. The third kappa shape index (κ3) is 5.32. The molecule has 1 aliphatic heterocycles. The normalized spacial score (nSPS) is 16.8.